The van der Waals surface area contributed by atoms with Gasteiger partial charge in [-0.25, -0.2) is 4.79 Å². The van der Waals surface area contributed by atoms with Gasteiger partial charge in [0, 0.05) is 37.9 Å². The predicted octanol–water partition coefficient (Wildman–Crippen LogP) is 3.05. The van der Waals surface area contributed by atoms with Crippen molar-refractivity contribution in [3.63, 3.8) is 0 Å². The van der Waals surface area contributed by atoms with E-state index in [9.17, 15) is 4.79 Å². The van der Waals surface area contributed by atoms with Gasteiger partial charge in [-0.3, -0.25) is 4.57 Å². The van der Waals surface area contributed by atoms with E-state index in [1.54, 1.807) is 0 Å². The number of fused-ring (bicyclic) bond motifs is 1. The second-order valence-electron chi connectivity index (χ2n) is 7.66. The zero-order chi connectivity index (χ0) is 16.7. The summed E-state index contributed by atoms with van der Waals surface area (Å²) >= 11 is 0. The smallest absolute Gasteiger partial charge is 0.326 e. The number of aromatic amines is 1. The van der Waals surface area contributed by atoms with E-state index in [1.165, 1.54) is 5.56 Å². The van der Waals surface area contributed by atoms with Crippen LogP contribution in [-0.4, -0.2) is 46.8 Å². The van der Waals surface area contributed by atoms with E-state index >= 15 is 0 Å². The monoisotopic (exact) mass is 365 g/mol. The van der Waals surface area contributed by atoms with Crippen molar-refractivity contribution in [1.82, 2.24) is 14.5 Å². The molecule has 4 rings (SSSR count). The van der Waals surface area contributed by atoms with E-state index < -0.39 is 0 Å². The Bertz CT molecular complexity index is 784. The van der Waals surface area contributed by atoms with Gasteiger partial charge in [0.05, 0.1) is 11.0 Å². The Balaban J connectivity index is 0.00000182. The van der Waals surface area contributed by atoms with E-state index in [0.717, 1.165) is 63.0 Å². The van der Waals surface area contributed by atoms with Crippen LogP contribution in [0.25, 0.3) is 11.0 Å². The summed E-state index contributed by atoms with van der Waals surface area (Å²) in [6.45, 7) is 8.22. The molecule has 0 bridgehead atoms. The molecule has 1 aromatic heterocycles. The highest BCUT2D eigenvalue weighted by molar-refractivity contribution is 5.85. The first kappa shape index (κ1) is 18.5. The van der Waals surface area contributed by atoms with Gasteiger partial charge < -0.3 is 14.6 Å². The topological polar surface area (TPSA) is 50.3 Å². The molecule has 2 aliphatic heterocycles. The fourth-order valence-electron chi connectivity index (χ4n) is 4.39. The Morgan fingerprint density at radius 3 is 2.56 bits per heavy atom. The number of hydrogen-bond acceptors (Lipinski definition) is 3. The highest BCUT2D eigenvalue weighted by Crippen LogP contribution is 2.33. The number of aromatic nitrogens is 2. The van der Waals surface area contributed by atoms with Crippen LogP contribution in [-0.2, 0) is 10.3 Å². The molecular formula is C19H28ClN3O2. The molecule has 138 valence electrons. The number of rotatable bonds is 2. The molecule has 0 radical (unpaired) electrons. The summed E-state index contributed by atoms with van der Waals surface area (Å²) in [7, 11) is 0. The zero-order valence-electron chi connectivity index (χ0n) is 15.1. The van der Waals surface area contributed by atoms with Crippen LogP contribution >= 0.6 is 12.4 Å². The van der Waals surface area contributed by atoms with Crippen molar-refractivity contribution in [2.75, 3.05) is 26.3 Å². The minimum Gasteiger partial charge on any atom is -0.381 e. The molecule has 2 saturated heterocycles. The van der Waals surface area contributed by atoms with Crippen LogP contribution in [0.3, 0.4) is 0 Å². The number of imidazole rings is 1. The molecule has 2 fully saturated rings. The standard InChI is InChI=1S/C19H27N3O2.ClH/c1-14-3-4-16-17(13-14)22(18(23)20-16)19(2)7-9-21(10-8-19)15-5-11-24-12-6-15;/h3-4,13,15H,5-12H2,1-2H3,(H,20,23);1H. The van der Waals surface area contributed by atoms with Gasteiger partial charge in [0.25, 0.3) is 0 Å². The van der Waals surface area contributed by atoms with Gasteiger partial charge in [-0.2, -0.15) is 0 Å². The van der Waals surface area contributed by atoms with Crippen LogP contribution in [0.15, 0.2) is 23.0 Å². The number of hydrogen-bond donors (Lipinski definition) is 1. The first-order valence-electron chi connectivity index (χ1n) is 9.10. The zero-order valence-corrected chi connectivity index (χ0v) is 15.9. The summed E-state index contributed by atoms with van der Waals surface area (Å²) in [6, 6.07) is 6.86. The van der Waals surface area contributed by atoms with E-state index in [0.29, 0.717) is 6.04 Å². The molecule has 0 spiro atoms. The number of ether oxygens (including phenoxy) is 1. The highest BCUT2D eigenvalue weighted by atomic mass is 35.5. The molecule has 1 N–H and O–H groups in total. The van der Waals surface area contributed by atoms with Gasteiger partial charge >= 0.3 is 5.69 Å². The minimum atomic E-state index is -0.106. The molecule has 2 aromatic rings. The maximum Gasteiger partial charge on any atom is 0.326 e. The van der Waals surface area contributed by atoms with E-state index in [2.05, 4.69) is 35.9 Å². The van der Waals surface area contributed by atoms with Crippen LogP contribution in [0, 0.1) is 6.92 Å². The normalized spacial score (nSPS) is 22.0. The van der Waals surface area contributed by atoms with Crippen molar-refractivity contribution in [1.29, 1.82) is 0 Å². The number of nitrogens with zero attached hydrogens (tertiary/aromatic N) is 2. The number of benzene rings is 1. The molecule has 6 heteroatoms. The summed E-state index contributed by atoms with van der Waals surface area (Å²) in [5, 5.41) is 0. The van der Waals surface area contributed by atoms with Crippen molar-refractivity contribution in [2.45, 2.75) is 51.1 Å². The van der Waals surface area contributed by atoms with Gasteiger partial charge in [0.2, 0.25) is 0 Å². The van der Waals surface area contributed by atoms with Crippen LogP contribution in [0.4, 0.5) is 0 Å². The van der Waals surface area contributed by atoms with Crippen LogP contribution in [0.5, 0.6) is 0 Å². The molecular weight excluding hydrogens is 338 g/mol. The molecule has 0 atom stereocenters. The lowest BCUT2D eigenvalue weighted by Crippen LogP contribution is -2.51. The Kier molecular flexibility index (Phi) is 5.28. The van der Waals surface area contributed by atoms with Gasteiger partial charge in [-0.1, -0.05) is 6.07 Å². The Hall–Kier alpha value is -1.30. The van der Waals surface area contributed by atoms with Crippen molar-refractivity contribution >= 4 is 23.4 Å². The third kappa shape index (κ3) is 3.37. The minimum absolute atomic E-state index is 0. The molecule has 0 amide bonds. The van der Waals surface area contributed by atoms with E-state index in [1.807, 2.05) is 10.6 Å². The fraction of sp³-hybridized carbons (Fsp3) is 0.632. The number of likely N-dealkylation sites (tertiary alicyclic amines) is 1. The quantitative estimate of drug-likeness (QED) is 0.889. The largest absolute Gasteiger partial charge is 0.381 e. The SMILES string of the molecule is Cc1ccc2[nH]c(=O)n(C3(C)CCN(C4CCOCC4)CC3)c2c1.Cl. The average Bonchev–Trinajstić information content (AvgIpc) is 2.92. The van der Waals surface area contributed by atoms with Crippen molar-refractivity contribution < 1.29 is 4.74 Å². The third-order valence-corrected chi connectivity index (χ3v) is 5.96. The summed E-state index contributed by atoms with van der Waals surface area (Å²) in [5.41, 5.74) is 3.10. The third-order valence-electron chi connectivity index (χ3n) is 5.96. The van der Waals surface area contributed by atoms with Crippen molar-refractivity contribution in [3.8, 4) is 0 Å². The Morgan fingerprint density at radius 1 is 1.20 bits per heavy atom. The fourth-order valence-corrected chi connectivity index (χ4v) is 4.39. The molecule has 0 unspecified atom stereocenters. The van der Waals surface area contributed by atoms with E-state index in [-0.39, 0.29) is 23.6 Å². The second-order valence-corrected chi connectivity index (χ2v) is 7.66. The highest BCUT2D eigenvalue weighted by Gasteiger charge is 2.36. The van der Waals surface area contributed by atoms with Crippen molar-refractivity contribution in [3.05, 3.63) is 34.2 Å². The predicted molar refractivity (Wildman–Crippen MR) is 103 cm³/mol. The van der Waals surface area contributed by atoms with E-state index in [4.69, 9.17) is 4.74 Å². The summed E-state index contributed by atoms with van der Waals surface area (Å²) in [5.74, 6) is 0. The summed E-state index contributed by atoms with van der Waals surface area (Å²) in [6.07, 6.45) is 4.32. The number of nitrogens with one attached hydrogen (secondary N) is 1. The lowest BCUT2D eigenvalue weighted by Gasteiger charge is -2.44. The first-order chi connectivity index (χ1) is 11.6. The summed E-state index contributed by atoms with van der Waals surface area (Å²) in [4.78, 5) is 18.3. The summed E-state index contributed by atoms with van der Waals surface area (Å²) < 4.78 is 7.50. The first-order valence-corrected chi connectivity index (χ1v) is 9.10. The number of piperidine rings is 1. The maximum absolute atomic E-state index is 12.6. The number of halogens is 1. The number of aryl methyl sites for hydroxylation is 1. The molecule has 0 aliphatic carbocycles. The second kappa shape index (κ2) is 7.14. The van der Waals surface area contributed by atoms with Crippen LogP contribution in [0.1, 0.15) is 38.2 Å². The lowest BCUT2D eigenvalue weighted by molar-refractivity contribution is 0.0110. The molecule has 5 nitrogen and oxygen atoms in total. The van der Waals surface area contributed by atoms with Crippen LogP contribution < -0.4 is 5.69 Å². The maximum atomic E-state index is 12.6. The van der Waals surface area contributed by atoms with Gasteiger partial charge in [0.15, 0.2) is 0 Å². The Morgan fingerprint density at radius 2 is 1.88 bits per heavy atom. The molecule has 2 aliphatic rings. The van der Waals surface area contributed by atoms with Gasteiger partial charge in [-0.05, 0) is 57.2 Å². The number of H-pyrrole nitrogens is 1. The van der Waals surface area contributed by atoms with Crippen molar-refractivity contribution in [2.24, 2.45) is 0 Å². The lowest BCUT2D eigenvalue weighted by atomic mass is 9.87. The Labute approximate surface area is 154 Å². The van der Waals surface area contributed by atoms with Crippen LogP contribution in [0.2, 0.25) is 0 Å². The molecule has 0 saturated carbocycles. The molecule has 25 heavy (non-hydrogen) atoms. The van der Waals surface area contributed by atoms with Gasteiger partial charge in [-0.15, -0.1) is 12.4 Å². The average molecular weight is 366 g/mol. The molecule has 3 heterocycles. The van der Waals surface area contributed by atoms with Gasteiger partial charge in [0.1, 0.15) is 0 Å². The molecule has 1 aromatic carbocycles.